The lowest BCUT2D eigenvalue weighted by molar-refractivity contribution is 0.411. The van der Waals surface area contributed by atoms with Gasteiger partial charge in [-0.1, -0.05) is 6.42 Å². The highest BCUT2D eigenvalue weighted by Gasteiger charge is 2.24. The van der Waals surface area contributed by atoms with Crippen molar-refractivity contribution in [2.24, 2.45) is 10.8 Å². The lowest BCUT2D eigenvalue weighted by Gasteiger charge is -2.24. The first-order valence-electron chi connectivity index (χ1n) is 4.90. The van der Waals surface area contributed by atoms with Gasteiger partial charge in [-0.2, -0.15) is 0 Å². The van der Waals surface area contributed by atoms with Crippen LogP contribution in [0.4, 0.5) is 5.82 Å². The van der Waals surface area contributed by atoms with E-state index in [1.54, 1.807) is 0 Å². The Kier molecular flexibility index (Phi) is 1.50. The van der Waals surface area contributed by atoms with Gasteiger partial charge in [0.25, 0.3) is 0 Å². The zero-order chi connectivity index (χ0) is 9.54. The summed E-state index contributed by atoms with van der Waals surface area (Å²) in [5, 5.41) is 3.81. The van der Waals surface area contributed by atoms with Crippen LogP contribution in [-0.4, -0.2) is 10.8 Å². The minimum absolute atomic E-state index is 0.479. The van der Waals surface area contributed by atoms with Crippen molar-refractivity contribution in [3.05, 3.63) is 23.4 Å². The number of hydrogen-bond donors (Lipinski definition) is 1. The molecule has 0 spiro atoms. The Hall–Kier alpha value is -1.58. The molecule has 1 fully saturated rings. The smallest absolute Gasteiger partial charge is 0.185 e. The summed E-state index contributed by atoms with van der Waals surface area (Å²) in [6.07, 6.45) is 3.82. The van der Waals surface area contributed by atoms with E-state index in [9.17, 15) is 0 Å². The van der Waals surface area contributed by atoms with Crippen molar-refractivity contribution in [2.75, 3.05) is 0 Å². The van der Waals surface area contributed by atoms with Crippen LogP contribution >= 0.6 is 0 Å². The van der Waals surface area contributed by atoms with Crippen LogP contribution in [0.2, 0.25) is 0 Å². The third kappa shape index (κ3) is 0.999. The summed E-state index contributed by atoms with van der Waals surface area (Å²) >= 11 is 0. The van der Waals surface area contributed by atoms with Crippen molar-refractivity contribution in [3.63, 3.8) is 0 Å². The van der Waals surface area contributed by atoms with Crippen LogP contribution in [0.15, 0.2) is 17.2 Å². The summed E-state index contributed by atoms with van der Waals surface area (Å²) in [7, 11) is 0. The predicted molar refractivity (Wildman–Crippen MR) is 53.3 cm³/mol. The van der Waals surface area contributed by atoms with Crippen LogP contribution < -0.4 is 11.2 Å². The predicted octanol–water partition coefficient (Wildman–Crippen LogP) is 1.22. The molecule has 0 unspecified atom stereocenters. The lowest BCUT2D eigenvalue weighted by atomic mass is 9.82. The third-order valence-electron chi connectivity index (χ3n) is 2.95. The van der Waals surface area contributed by atoms with Gasteiger partial charge in [-0.15, -0.1) is 10.5 Å². The fraction of sp³-hybridized carbons (Fsp3) is 0.400. The van der Waals surface area contributed by atoms with Crippen LogP contribution in [0.25, 0.3) is 0 Å². The summed E-state index contributed by atoms with van der Waals surface area (Å²) in [4.78, 5) is 4.46. The molecule has 2 N–H and O–H groups in total. The number of pyridine rings is 1. The molecule has 4 nitrogen and oxygen atoms in total. The van der Waals surface area contributed by atoms with Gasteiger partial charge in [0.1, 0.15) is 0 Å². The molecule has 1 aromatic heterocycles. The average molecular weight is 187 g/mol. The summed E-state index contributed by atoms with van der Waals surface area (Å²) in [5.41, 5.74) is 11.6. The first kappa shape index (κ1) is 7.79. The second kappa shape index (κ2) is 2.70. The van der Waals surface area contributed by atoms with E-state index in [0.29, 0.717) is 17.6 Å². The minimum atomic E-state index is 0.479. The SMILES string of the molecule is NC1=N[N]c2nc(C3CCC3)ccc21. The normalized spacial score (nSPS) is 19.6. The molecule has 1 aliphatic heterocycles. The Morgan fingerprint density at radius 2 is 2.14 bits per heavy atom. The van der Waals surface area contributed by atoms with E-state index in [1.807, 2.05) is 12.1 Å². The molecular formula is C10H11N4. The monoisotopic (exact) mass is 187 g/mol. The molecule has 1 saturated carbocycles. The van der Waals surface area contributed by atoms with Crippen LogP contribution in [0.3, 0.4) is 0 Å². The van der Waals surface area contributed by atoms with E-state index in [0.717, 1.165) is 11.3 Å². The van der Waals surface area contributed by atoms with Crippen LogP contribution in [-0.2, 0) is 0 Å². The Bertz CT molecular complexity index is 407. The molecule has 71 valence electrons. The van der Waals surface area contributed by atoms with Crippen LogP contribution in [0.5, 0.6) is 0 Å². The molecular weight excluding hydrogens is 176 g/mol. The van der Waals surface area contributed by atoms with Crippen molar-refractivity contribution in [2.45, 2.75) is 25.2 Å². The minimum Gasteiger partial charge on any atom is -0.382 e. The summed E-state index contributed by atoms with van der Waals surface area (Å²) in [5.74, 6) is 1.80. The van der Waals surface area contributed by atoms with Gasteiger partial charge in [-0.25, -0.2) is 4.98 Å². The van der Waals surface area contributed by atoms with E-state index in [1.165, 1.54) is 19.3 Å². The molecule has 1 radical (unpaired) electrons. The van der Waals surface area contributed by atoms with Gasteiger partial charge in [0.05, 0.1) is 5.56 Å². The van der Waals surface area contributed by atoms with Gasteiger partial charge < -0.3 is 5.73 Å². The van der Waals surface area contributed by atoms with E-state index in [4.69, 9.17) is 5.73 Å². The van der Waals surface area contributed by atoms with Crippen LogP contribution in [0.1, 0.15) is 36.4 Å². The Morgan fingerprint density at radius 3 is 2.86 bits per heavy atom. The van der Waals surface area contributed by atoms with Gasteiger partial charge in [0.2, 0.25) is 0 Å². The Labute approximate surface area is 82.2 Å². The molecule has 2 heterocycles. The first-order valence-corrected chi connectivity index (χ1v) is 4.90. The molecule has 1 aromatic rings. The Morgan fingerprint density at radius 1 is 1.29 bits per heavy atom. The summed E-state index contributed by atoms with van der Waals surface area (Å²) in [6, 6.07) is 4.03. The fourth-order valence-electron chi connectivity index (χ4n) is 1.83. The van der Waals surface area contributed by atoms with E-state index < -0.39 is 0 Å². The first-order chi connectivity index (χ1) is 6.84. The molecule has 3 rings (SSSR count). The highest BCUT2D eigenvalue weighted by molar-refractivity contribution is 6.03. The standard InChI is InChI=1S/C10H11N4/c11-9-7-4-5-8(6-2-1-3-6)12-10(7)14-13-9/h4-6H,1-3H2,(H2,11,13). The van der Waals surface area contributed by atoms with Gasteiger partial charge >= 0.3 is 0 Å². The zero-order valence-electron chi connectivity index (χ0n) is 7.77. The van der Waals surface area contributed by atoms with Gasteiger partial charge in [-0.3, -0.25) is 0 Å². The quantitative estimate of drug-likeness (QED) is 0.718. The van der Waals surface area contributed by atoms with E-state index in [2.05, 4.69) is 15.5 Å². The molecule has 0 amide bonds. The molecule has 0 atom stereocenters. The van der Waals surface area contributed by atoms with Crippen molar-refractivity contribution in [3.8, 4) is 0 Å². The number of aromatic nitrogens is 1. The van der Waals surface area contributed by atoms with Crippen molar-refractivity contribution < 1.29 is 0 Å². The van der Waals surface area contributed by atoms with Crippen molar-refractivity contribution >= 4 is 11.7 Å². The summed E-state index contributed by atoms with van der Waals surface area (Å²) in [6.45, 7) is 0. The van der Waals surface area contributed by atoms with Gasteiger partial charge in [-0.05, 0) is 25.0 Å². The maximum Gasteiger partial charge on any atom is 0.185 e. The zero-order valence-corrected chi connectivity index (χ0v) is 7.77. The number of hydrogen-bond acceptors (Lipinski definition) is 3. The highest BCUT2D eigenvalue weighted by Crippen LogP contribution is 2.36. The molecule has 0 bridgehead atoms. The molecule has 0 saturated heterocycles. The topological polar surface area (TPSA) is 65.4 Å². The molecule has 0 aromatic carbocycles. The second-order valence-electron chi connectivity index (χ2n) is 3.82. The largest absolute Gasteiger partial charge is 0.382 e. The van der Waals surface area contributed by atoms with Gasteiger partial charge in [0.15, 0.2) is 11.7 Å². The molecule has 2 aliphatic rings. The Balaban J connectivity index is 1.97. The molecule has 14 heavy (non-hydrogen) atoms. The van der Waals surface area contributed by atoms with Crippen LogP contribution in [0, 0.1) is 0 Å². The lowest BCUT2D eigenvalue weighted by Crippen LogP contribution is -2.13. The van der Waals surface area contributed by atoms with Crippen molar-refractivity contribution in [1.82, 2.24) is 10.4 Å². The average Bonchev–Trinajstić information content (AvgIpc) is 2.45. The number of fused-ring (bicyclic) bond motifs is 1. The van der Waals surface area contributed by atoms with E-state index >= 15 is 0 Å². The van der Waals surface area contributed by atoms with Gasteiger partial charge in [0, 0.05) is 11.6 Å². The highest BCUT2D eigenvalue weighted by atomic mass is 15.4. The number of nitrogens with two attached hydrogens (primary N) is 1. The fourth-order valence-corrected chi connectivity index (χ4v) is 1.83. The third-order valence-corrected chi connectivity index (χ3v) is 2.95. The maximum absolute atomic E-state index is 5.64. The molecule has 4 heteroatoms. The number of amidine groups is 1. The van der Waals surface area contributed by atoms with Crippen molar-refractivity contribution in [1.29, 1.82) is 0 Å². The van der Waals surface area contributed by atoms with E-state index in [-0.39, 0.29) is 0 Å². The maximum atomic E-state index is 5.64. The number of nitrogens with zero attached hydrogens (tertiary/aromatic N) is 3. The number of rotatable bonds is 1. The summed E-state index contributed by atoms with van der Waals surface area (Å²) < 4.78 is 0. The molecule has 1 aliphatic carbocycles. The second-order valence-corrected chi connectivity index (χ2v) is 3.82.